The maximum atomic E-state index is 12.4. The summed E-state index contributed by atoms with van der Waals surface area (Å²) in [5.41, 5.74) is 1.03. The van der Waals surface area contributed by atoms with Gasteiger partial charge in [0.2, 0.25) is 0 Å². The third-order valence-corrected chi connectivity index (χ3v) is 4.86. The lowest BCUT2D eigenvalue weighted by atomic mass is 9.97. The molecular weight excluding hydrogens is 368 g/mol. The van der Waals surface area contributed by atoms with Crippen molar-refractivity contribution in [2.24, 2.45) is 0 Å². The average Bonchev–Trinajstić information content (AvgIpc) is 3.02. The lowest BCUT2D eigenvalue weighted by Gasteiger charge is -2.30. The average molecular weight is 391 g/mol. The van der Waals surface area contributed by atoms with Gasteiger partial charge in [-0.2, -0.15) is 0 Å². The molecule has 1 N–H and O–H groups in total. The molecule has 2 aromatic rings. The molecule has 0 aliphatic carbocycles. The van der Waals surface area contributed by atoms with Gasteiger partial charge in [0, 0.05) is 43.8 Å². The smallest absolute Gasteiger partial charge is 0.321 e. The van der Waals surface area contributed by atoms with Crippen molar-refractivity contribution in [1.82, 2.24) is 14.8 Å². The molecule has 3 amide bonds. The summed E-state index contributed by atoms with van der Waals surface area (Å²) in [6.07, 6.45) is 1.47. The molecule has 1 saturated heterocycles. The number of hydrogen-bond acceptors (Lipinski definition) is 4. The summed E-state index contributed by atoms with van der Waals surface area (Å²) < 4.78 is 5.74. The Morgan fingerprint density at radius 2 is 2.00 bits per heavy atom. The predicted octanol–water partition coefficient (Wildman–Crippen LogP) is 3.75. The second-order valence-electron chi connectivity index (χ2n) is 6.86. The topological polar surface area (TPSA) is 78.7 Å². The SMILES string of the molecule is Cc1oc(C2CCN(C(=O)Nc3cccc(Cl)c3)CC2)nc1C(=O)N(C)C. The zero-order chi connectivity index (χ0) is 19.6. The van der Waals surface area contributed by atoms with Crippen molar-refractivity contribution < 1.29 is 14.0 Å². The van der Waals surface area contributed by atoms with Crippen LogP contribution in [0, 0.1) is 6.92 Å². The van der Waals surface area contributed by atoms with E-state index >= 15 is 0 Å². The number of nitrogens with zero attached hydrogens (tertiary/aromatic N) is 3. The van der Waals surface area contributed by atoms with Crippen molar-refractivity contribution >= 4 is 29.2 Å². The molecule has 0 unspecified atom stereocenters. The van der Waals surface area contributed by atoms with Crippen LogP contribution in [0.5, 0.6) is 0 Å². The van der Waals surface area contributed by atoms with Crippen LogP contribution in [0.2, 0.25) is 5.02 Å². The fourth-order valence-corrected chi connectivity index (χ4v) is 3.29. The quantitative estimate of drug-likeness (QED) is 0.865. The zero-order valence-corrected chi connectivity index (χ0v) is 16.4. The number of aromatic nitrogens is 1. The van der Waals surface area contributed by atoms with Gasteiger partial charge in [-0.05, 0) is 38.0 Å². The molecule has 0 saturated carbocycles. The fraction of sp³-hybridized carbons (Fsp3) is 0.421. The molecule has 1 fully saturated rings. The van der Waals surface area contributed by atoms with Crippen molar-refractivity contribution in [1.29, 1.82) is 0 Å². The highest BCUT2D eigenvalue weighted by molar-refractivity contribution is 6.30. The number of carbonyl (C=O) groups excluding carboxylic acids is 2. The van der Waals surface area contributed by atoms with Gasteiger partial charge in [0.05, 0.1) is 0 Å². The van der Waals surface area contributed by atoms with Crippen LogP contribution in [0.25, 0.3) is 0 Å². The molecule has 2 heterocycles. The summed E-state index contributed by atoms with van der Waals surface area (Å²) in [7, 11) is 3.38. The molecule has 7 nitrogen and oxygen atoms in total. The van der Waals surface area contributed by atoms with E-state index in [0.29, 0.717) is 41.1 Å². The van der Waals surface area contributed by atoms with Gasteiger partial charge in [0.1, 0.15) is 5.76 Å². The predicted molar refractivity (Wildman–Crippen MR) is 103 cm³/mol. The Labute approximate surface area is 163 Å². The third kappa shape index (κ3) is 4.42. The molecule has 0 spiro atoms. The Balaban J connectivity index is 1.59. The summed E-state index contributed by atoms with van der Waals surface area (Å²) in [5.74, 6) is 1.04. The van der Waals surface area contributed by atoms with Crippen LogP contribution in [0.1, 0.15) is 40.9 Å². The van der Waals surface area contributed by atoms with E-state index in [1.54, 1.807) is 50.2 Å². The summed E-state index contributed by atoms with van der Waals surface area (Å²) in [4.78, 5) is 32.2. The number of nitrogens with one attached hydrogen (secondary N) is 1. The molecule has 1 aromatic heterocycles. The number of anilines is 1. The second kappa shape index (κ2) is 8.00. The van der Waals surface area contributed by atoms with Gasteiger partial charge >= 0.3 is 6.03 Å². The van der Waals surface area contributed by atoms with Gasteiger partial charge in [0.15, 0.2) is 11.6 Å². The van der Waals surface area contributed by atoms with E-state index in [2.05, 4.69) is 10.3 Å². The number of rotatable bonds is 3. The Kier molecular flexibility index (Phi) is 5.70. The first-order valence-corrected chi connectivity index (χ1v) is 9.23. The van der Waals surface area contributed by atoms with Gasteiger partial charge in [-0.15, -0.1) is 0 Å². The van der Waals surface area contributed by atoms with Gasteiger partial charge < -0.3 is 19.5 Å². The van der Waals surface area contributed by atoms with Gasteiger partial charge in [-0.3, -0.25) is 4.79 Å². The molecule has 0 radical (unpaired) electrons. The number of carbonyl (C=O) groups is 2. The van der Waals surface area contributed by atoms with Crippen molar-refractivity contribution in [3.8, 4) is 0 Å². The first-order chi connectivity index (χ1) is 12.8. The monoisotopic (exact) mass is 390 g/mol. The summed E-state index contributed by atoms with van der Waals surface area (Å²) in [5, 5.41) is 3.44. The molecule has 8 heteroatoms. The van der Waals surface area contributed by atoms with E-state index in [1.165, 1.54) is 4.90 Å². The maximum Gasteiger partial charge on any atom is 0.321 e. The van der Waals surface area contributed by atoms with E-state index in [4.69, 9.17) is 16.0 Å². The second-order valence-corrected chi connectivity index (χ2v) is 7.29. The zero-order valence-electron chi connectivity index (χ0n) is 15.7. The first-order valence-electron chi connectivity index (χ1n) is 8.85. The highest BCUT2D eigenvalue weighted by Gasteiger charge is 2.29. The van der Waals surface area contributed by atoms with Crippen LogP contribution < -0.4 is 5.32 Å². The first kappa shape index (κ1) is 19.2. The molecule has 144 valence electrons. The number of piperidine rings is 1. The van der Waals surface area contributed by atoms with Crippen molar-refractivity contribution in [3.63, 3.8) is 0 Å². The van der Waals surface area contributed by atoms with Gasteiger partial charge in [0.25, 0.3) is 5.91 Å². The van der Waals surface area contributed by atoms with Gasteiger partial charge in [-0.1, -0.05) is 17.7 Å². The number of urea groups is 1. The van der Waals surface area contributed by atoms with Crippen molar-refractivity contribution in [3.05, 3.63) is 46.6 Å². The van der Waals surface area contributed by atoms with Crippen molar-refractivity contribution in [2.75, 3.05) is 32.5 Å². The van der Waals surface area contributed by atoms with E-state index < -0.39 is 0 Å². The number of benzene rings is 1. The van der Waals surface area contributed by atoms with Crippen molar-refractivity contribution in [2.45, 2.75) is 25.7 Å². The van der Waals surface area contributed by atoms with Crippen LogP contribution in [0.3, 0.4) is 0 Å². The lowest BCUT2D eigenvalue weighted by Crippen LogP contribution is -2.40. The number of halogens is 1. The molecule has 27 heavy (non-hydrogen) atoms. The highest BCUT2D eigenvalue weighted by atomic mass is 35.5. The van der Waals surface area contributed by atoms with Gasteiger partial charge in [-0.25, -0.2) is 9.78 Å². The molecule has 1 aromatic carbocycles. The minimum Gasteiger partial charge on any atom is -0.445 e. The molecule has 0 atom stereocenters. The van der Waals surface area contributed by atoms with Crippen LogP contribution in [-0.4, -0.2) is 53.9 Å². The summed E-state index contributed by atoms with van der Waals surface area (Å²) in [6, 6.07) is 6.92. The van der Waals surface area contributed by atoms with E-state index in [-0.39, 0.29) is 17.9 Å². The molecular formula is C19H23ClN4O3. The molecule has 0 bridgehead atoms. The van der Waals surface area contributed by atoms with E-state index in [0.717, 1.165) is 12.8 Å². The van der Waals surface area contributed by atoms with Crippen LogP contribution in [0.15, 0.2) is 28.7 Å². The fourth-order valence-electron chi connectivity index (χ4n) is 3.10. The normalized spacial score (nSPS) is 14.9. The third-order valence-electron chi connectivity index (χ3n) is 4.63. The summed E-state index contributed by atoms with van der Waals surface area (Å²) in [6.45, 7) is 2.94. The van der Waals surface area contributed by atoms with Crippen LogP contribution >= 0.6 is 11.6 Å². The number of aryl methyl sites for hydroxylation is 1. The minimum atomic E-state index is -0.166. The largest absolute Gasteiger partial charge is 0.445 e. The highest BCUT2D eigenvalue weighted by Crippen LogP contribution is 2.29. The summed E-state index contributed by atoms with van der Waals surface area (Å²) >= 11 is 5.95. The number of likely N-dealkylation sites (tertiary alicyclic amines) is 1. The minimum absolute atomic E-state index is 0.0997. The Morgan fingerprint density at radius 3 is 2.63 bits per heavy atom. The Hall–Kier alpha value is -2.54. The van der Waals surface area contributed by atoms with Crippen LogP contribution in [0.4, 0.5) is 10.5 Å². The standard InChI is InChI=1S/C19H23ClN4O3/c1-12-16(18(25)23(2)3)22-17(27-12)13-7-9-24(10-8-13)19(26)21-15-6-4-5-14(20)11-15/h4-6,11,13H,7-10H2,1-3H3,(H,21,26). The number of amides is 3. The Bertz CT molecular complexity index is 841. The molecule has 3 rings (SSSR count). The van der Waals surface area contributed by atoms with E-state index in [1.807, 2.05) is 0 Å². The van der Waals surface area contributed by atoms with Crippen LogP contribution in [-0.2, 0) is 0 Å². The van der Waals surface area contributed by atoms with E-state index in [9.17, 15) is 9.59 Å². The molecule has 1 aliphatic heterocycles. The number of hydrogen-bond donors (Lipinski definition) is 1. The Morgan fingerprint density at radius 1 is 1.30 bits per heavy atom. The lowest BCUT2D eigenvalue weighted by molar-refractivity contribution is 0.0821. The number of oxazole rings is 1. The molecule has 1 aliphatic rings. The maximum absolute atomic E-state index is 12.4.